The number of halogens is 1. The predicted octanol–water partition coefficient (Wildman–Crippen LogP) is 5.60. The highest BCUT2D eigenvalue weighted by Gasteiger charge is 2.09. The van der Waals surface area contributed by atoms with Crippen LogP contribution in [0.2, 0.25) is 0 Å². The SMILES string of the molecule is Fc1ccc(-c2cc(NCCc3ccccc3)nc(-c3ccccc3)n2)cc1. The van der Waals surface area contributed by atoms with Crippen molar-refractivity contribution in [2.75, 3.05) is 11.9 Å². The molecule has 4 heteroatoms. The lowest BCUT2D eigenvalue weighted by Crippen LogP contribution is -2.07. The second-order valence-electron chi connectivity index (χ2n) is 6.50. The largest absolute Gasteiger partial charge is 0.370 e. The molecule has 0 radical (unpaired) electrons. The standard InChI is InChI=1S/C24H20FN3/c25-21-13-11-19(12-14-21)22-17-23(26-16-15-18-7-3-1-4-8-18)28-24(27-22)20-9-5-2-6-10-20/h1-14,17H,15-16H2,(H,26,27,28). The fraction of sp³-hybridized carbons (Fsp3) is 0.0833. The average Bonchev–Trinajstić information content (AvgIpc) is 2.75. The van der Waals surface area contributed by atoms with Crippen LogP contribution in [0.3, 0.4) is 0 Å². The lowest BCUT2D eigenvalue weighted by Gasteiger charge is -2.11. The molecule has 3 aromatic carbocycles. The minimum atomic E-state index is -0.262. The first-order chi connectivity index (χ1) is 13.8. The topological polar surface area (TPSA) is 37.8 Å². The molecule has 0 unspecified atom stereocenters. The van der Waals surface area contributed by atoms with Gasteiger partial charge in [-0.25, -0.2) is 14.4 Å². The van der Waals surface area contributed by atoms with Crippen molar-refractivity contribution in [3.63, 3.8) is 0 Å². The van der Waals surface area contributed by atoms with Gasteiger partial charge in [0.05, 0.1) is 5.69 Å². The molecule has 0 saturated heterocycles. The molecule has 0 fully saturated rings. The molecular formula is C24H20FN3. The van der Waals surface area contributed by atoms with Crippen LogP contribution >= 0.6 is 0 Å². The van der Waals surface area contributed by atoms with E-state index < -0.39 is 0 Å². The van der Waals surface area contributed by atoms with E-state index in [-0.39, 0.29) is 5.82 Å². The molecule has 0 aliphatic rings. The summed E-state index contributed by atoms with van der Waals surface area (Å²) in [5.41, 5.74) is 3.83. The first-order valence-corrected chi connectivity index (χ1v) is 9.26. The summed E-state index contributed by atoms with van der Waals surface area (Å²) >= 11 is 0. The van der Waals surface area contributed by atoms with Gasteiger partial charge in [0.25, 0.3) is 0 Å². The highest BCUT2D eigenvalue weighted by molar-refractivity contribution is 5.67. The van der Waals surface area contributed by atoms with Crippen LogP contribution in [0.15, 0.2) is 91.0 Å². The summed E-state index contributed by atoms with van der Waals surface area (Å²) in [6.45, 7) is 0.762. The Morgan fingerprint density at radius 1 is 0.714 bits per heavy atom. The Morgan fingerprint density at radius 2 is 1.39 bits per heavy atom. The number of aromatic nitrogens is 2. The predicted molar refractivity (Wildman–Crippen MR) is 111 cm³/mol. The molecule has 4 rings (SSSR count). The summed E-state index contributed by atoms with van der Waals surface area (Å²) in [6, 6.07) is 28.5. The molecule has 0 aliphatic heterocycles. The van der Waals surface area contributed by atoms with Gasteiger partial charge in [-0.2, -0.15) is 0 Å². The van der Waals surface area contributed by atoms with Gasteiger partial charge in [-0.15, -0.1) is 0 Å². The van der Waals surface area contributed by atoms with Gasteiger partial charge < -0.3 is 5.32 Å². The van der Waals surface area contributed by atoms with Crippen LogP contribution in [-0.4, -0.2) is 16.5 Å². The molecule has 0 atom stereocenters. The first-order valence-electron chi connectivity index (χ1n) is 9.26. The van der Waals surface area contributed by atoms with E-state index in [2.05, 4.69) is 22.4 Å². The minimum absolute atomic E-state index is 0.262. The van der Waals surface area contributed by atoms with Crippen LogP contribution in [0, 0.1) is 5.82 Å². The Bertz CT molecular complexity index is 1030. The molecule has 138 valence electrons. The zero-order chi connectivity index (χ0) is 19.2. The molecule has 1 N–H and O–H groups in total. The third kappa shape index (κ3) is 4.41. The van der Waals surface area contributed by atoms with Gasteiger partial charge in [-0.05, 0) is 36.2 Å². The Morgan fingerprint density at radius 3 is 2.11 bits per heavy atom. The van der Waals surface area contributed by atoms with Crippen molar-refractivity contribution in [2.45, 2.75) is 6.42 Å². The third-order valence-electron chi connectivity index (χ3n) is 4.46. The highest BCUT2D eigenvalue weighted by atomic mass is 19.1. The Hall–Kier alpha value is -3.53. The maximum atomic E-state index is 13.3. The van der Waals surface area contributed by atoms with Gasteiger partial charge in [0.15, 0.2) is 5.82 Å². The van der Waals surface area contributed by atoms with Crippen LogP contribution in [-0.2, 0) is 6.42 Å². The van der Waals surface area contributed by atoms with Gasteiger partial charge in [-0.1, -0.05) is 60.7 Å². The van der Waals surface area contributed by atoms with E-state index in [0.717, 1.165) is 35.6 Å². The molecule has 1 aromatic heterocycles. The molecule has 0 spiro atoms. The Balaban J connectivity index is 1.62. The molecule has 4 aromatic rings. The van der Waals surface area contributed by atoms with Crippen molar-refractivity contribution >= 4 is 5.82 Å². The van der Waals surface area contributed by atoms with E-state index in [0.29, 0.717) is 5.82 Å². The molecular weight excluding hydrogens is 349 g/mol. The first kappa shape index (κ1) is 17.9. The van der Waals surface area contributed by atoms with Gasteiger partial charge in [0.1, 0.15) is 11.6 Å². The zero-order valence-electron chi connectivity index (χ0n) is 15.3. The van der Waals surface area contributed by atoms with Crippen LogP contribution in [0.1, 0.15) is 5.56 Å². The summed E-state index contributed by atoms with van der Waals surface area (Å²) < 4.78 is 13.3. The number of nitrogens with one attached hydrogen (secondary N) is 1. The van der Waals surface area contributed by atoms with Crippen molar-refractivity contribution in [1.29, 1.82) is 0 Å². The van der Waals surface area contributed by atoms with E-state index >= 15 is 0 Å². The number of rotatable bonds is 6. The van der Waals surface area contributed by atoms with Crippen molar-refractivity contribution in [2.24, 2.45) is 0 Å². The lowest BCUT2D eigenvalue weighted by molar-refractivity contribution is 0.628. The van der Waals surface area contributed by atoms with E-state index in [4.69, 9.17) is 4.98 Å². The number of hydrogen-bond donors (Lipinski definition) is 1. The summed E-state index contributed by atoms with van der Waals surface area (Å²) in [6.07, 6.45) is 0.900. The lowest BCUT2D eigenvalue weighted by atomic mass is 10.1. The summed E-state index contributed by atoms with van der Waals surface area (Å²) in [4.78, 5) is 9.38. The van der Waals surface area contributed by atoms with Crippen LogP contribution in [0.25, 0.3) is 22.6 Å². The smallest absolute Gasteiger partial charge is 0.162 e. The highest BCUT2D eigenvalue weighted by Crippen LogP contribution is 2.24. The van der Waals surface area contributed by atoms with Gasteiger partial charge >= 0.3 is 0 Å². The molecule has 0 saturated carbocycles. The van der Waals surface area contributed by atoms with E-state index in [1.165, 1.54) is 17.7 Å². The van der Waals surface area contributed by atoms with Crippen molar-refractivity contribution in [3.8, 4) is 22.6 Å². The van der Waals surface area contributed by atoms with E-state index in [1.807, 2.05) is 54.6 Å². The number of anilines is 1. The average molecular weight is 369 g/mol. The monoisotopic (exact) mass is 369 g/mol. The fourth-order valence-electron chi connectivity index (χ4n) is 3.00. The Kier molecular flexibility index (Phi) is 5.38. The summed E-state index contributed by atoms with van der Waals surface area (Å²) in [7, 11) is 0. The molecule has 3 nitrogen and oxygen atoms in total. The van der Waals surface area contributed by atoms with Gasteiger partial charge in [0, 0.05) is 23.7 Å². The van der Waals surface area contributed by atoms with Crippen molar-refractivity contribution in [3.05, 3.63) is 102 Å². The number of nitrogens with zero attached hydrogens (tertiary/aromatic N) is 2. The van der Waals surface area contributed by atoms with Crippen LogP contribution in [0.5, 0.6) is 0 Å². The molecule has 0 amide bonds. The maximum absolute atomic E-state index is 13.3. The van der Waals surface area contributed by atoms with Crippen molar-refractivity contribution in [1.82, 2.24) is 9.97 Å². The summed E-state index contributed by atoms with van der Waals surface area (Å²) in [5.74, 6) is 1.14. The number of hydrogen-bond acceptors (Lipinski definition) is 3. The third-order valence-corrected chi connectivity index (χ3v) is 4.46. The van der Waals surface area contributed by atoms with E-state index in [1.54, 1.807) is 12.1 Å². The number of benzene rings is 3. The second-order valence-corrected chi connectivity index (χ2v) is 6.50. The zero-order valence-corrected chi connectivity index (χ0v) is 15.3. The maximum Gasteiger partial charge on any atom is 0.162 e. The molecule has 0 bridgehead atoms. The van der Waals surface area contributed by atoms with Gasteiger partial charge in [0.2, 0.25) is 0 Å². The summed E-state index contributed by atoms with van der Waals surface area (Å²) in [5, 5.41) is 3.40. The van der Waals surface area contributed by atoms with E-state index in [9.17, 15) is 4.39 Å². The van der Waals surface area contributed by atoms with Crippen LogP contribution in [0.4, 0.5) is 10.2 Å². The Labute approximate surface area is 163 Å². The fourth-order valence-corrected chi connectivity index (χ4v) is 3.00. The van der Waals surface area contributed by atoms with Crippen LogP contribution < -0.4 is 5.32 Å². The second kappa shape index (κ2) is 8.44. The quantitative estimate of drug-likeness (QED) is 0.480. The normalized spacial score (nSPS) is 10.6. The molecule has 0 aliphatic carbocycles. The minimum Gasteiger partial charge on any atom is -0.370 e. The van der Waals surface area contributed by atoms with Crippen molar-refractivity contribution < 1.29 is 4.39 Å². The molecule has 1 heterocycles. The molecule has 28 heavy (non-hydrogen) atoms. The van der Waals surface area contributed by atoms with Gasteiger partial charge in [-0.3, -0.25) is 0 Å².